The molecule has 0 rings (SSSR count). The summed E-state index contributed by atoms with van der Waals surface area (Å²) in [5.74, 6) is 0.895. The summed E-state index contributed by atoms with van der Waals surface area (Å²) in [7, 11) is 0. The molecule has 0 saturated heterocycles. The molecule has 0 aliphatic rings. The topological polar surface area (TPSA) is 60.7 Å². The molecule has 0 spiro atoms. The molecule has 0 aromatic rings. The normalized spacial score (nSPS) is 19.7. The standard InChI is InChI=1S/C11H22O3S/c1-7(2)4-8(3)5-9(12)11(14)10(13)6-15/h6-14H,4-5H2,1-3H3/t8?,9-,10+,11-/m1/s1. The van der Waals surface area contributed by atoms with Crippen LogP contribution in [0, 0.1) is 11.8 Å². The van der Waals surface area contributed by atoms with Crippen molar-refractivity contribution < 1.29 is 15.3 Å². The fourth-order valence-electron chi connectivity index (χ4n) is 1.76. The molecule has 0 heterocycles. The molecule has 0 amide bonds. The summed E-state index contributed by atoms with van der Waals surface area (Å²) in [5, 5.41) is 29.4. The third-order valence-corrected chi connectivity index (χ3v) is 2.68. The Morgan fingerprint density at radius 3 is 2.00 bits per heavy atom. The molecular weight excluding hydrogens is 212 g/mol. The minimum Gasteiger partial charge on any atom is -0.390 e. The average Bonchev–Trinajstić information content (AvgIpc) is 2.13. The van der Waals surface area contributed by atoms with Crippen molar-refractivity contribution in [1.82, 2.24) is 0 Å². The Labute approximate surface area is 97.1 Å². The Bertz CT molecular complexity index is 185. The van der Waals surface area contributed by atoms with E-state index in [9.17, 15) is 15.3 Å². The number of rotatable bonds is 7. The van der Waals surface area contributed by atoms with Gasteiger partial charge in [-0.25, -0.2) is 0 Å². The first-order valence-corrected chi connectivity index (χ1v) is 5.85. The minimum atomic E-state index is -1.17. The van der Waals surface area contributed by atoms with E-state index in [0.29, 0.717) is 18.3 Å². The van der Waals surface area contributed by atoms with Crippen molar-refractivity contribution >= 4 is 17.6 Å². The minimum absolute atomic E-state index is 0.326. The van der Waals surface area contributed by atoms with Crippen molar-refractivity contribution in [1.29, 1.82) is 0 Å². The van der Waals surface area contributed by atoms with Crippen LogP contribution in [0.5, 0.6) is 0 Å². The van der Waals surface area contributed by atoms with Gasteiger partial charge in [-0.1, -0.05) is 33.0 Å². The van der Waals surface area contributed by atoms with Crippen LogP contribution in [0.25, 0.3) is 0 Å². The molecule has 0 saturated carbocycles. The van der Waals surface area contributed by atoms with Gasteiger partial charge in [-0.15, -0.1) is 0 Å². The number of hydrogen-bond donors (Lipinski definition) is 3. The zero-order valence-electron chi connectivity index (χ0n) is 9.63. The first kappa shape index (κ1) is 15.0. The van der Waals surface area contributed by atoms with Crippen LogP contribution in [0.4, 0.5) is 0 Å². The van der Waals surface area contributed by atoms with Crippen LogP contribution in [0.2, 0.25) is 0 Å². The van der Waals surface area contributed by atoms with Gasteiger partial charge < -0.3 is 15.3 Å². The highest BCUT2D eigenvalue weighted by Crippen LogP contribution is 2.18. The Morgan fingerprint density at radius 1 is 1.07 bits per heavy atom. The van der Waals surface area contributed by atoms with Gasteiger partial charge in [0, 0.05) is 5.37 Å². The lowest BCUT2D eigenvalue weighted by atomic mass is 9.91. The lowest BCUT2D eigenvalue weighted by Crippen LogP contribution is -2.38. The molecule has 0 aromatic heterocycles. The first-order valence-electron chi connectivity index (χ1n) is 5.38. The molecule has 0 bridgehead atoms. The van der Waals surface area contributed by atoms with Gasteiger partial charge in [-0.3, -0.25) is 0 Å². The predicted octanol–water partition coefficient (Wildman–Crippen LogP) is 1.14. The SMILES string of the molecule is CC(C)CC(C)C[C@@H](O)[C@@H](O)[C@@H](O)C=S. The Morgan fingerprint density at radius 2 is 1.60 bits per heavy atom. The Balaban J connectivity index is 4.00. The summed E-state index contributed by atoms with van der Waals surface area (Å²) in [4.78, 5) is 0. The molecule has 15 heavy (non-hydrogen) atoms. The highest BCUT2D eigenvalue weighted by molar-refractivity contribution is 7.79. The summed E-state index contributed by atoms with van der Waals surface area (Å²) < 4.78 is 0. The second-order valence-electron chi connectivity index (χ2n) is 4.66. The van der Waals surface area contributed by atoms with Crippen molar-refractivity contribution in [2.24, 2.45) is 11.8 Å². The second-order valence-corrected chi connectivity index (χ2v) is 4.93. The summed E-state index contributed by atoms with van der Waals surface area (Å²) >= 11 is 4.51. The number of aliphatic hydroxyl groups excluding tert-OH is 3. The van der Waals surface area contributed by atoms with Gasteiger partial charge in [0.2, 0.25) is 0 Å². The quantitative estimate of drug-likeness (QED) is 0.578. The van der Waals surface area contributed by atoms with Crippen molar-refractivity contribution in [2.75, 3.05) is 0 Å². The maximum absolute atomic E-state index is 9.63. The van der Waals surface area contributed by atoms with Crippen LogP contribution in [-0.4, -0.2) is 39.0 Å². The average molecular weight is 234 g/mol. The molecule has 0 aliphatic carbocycles. The van der Waals surface area contributed by atoms with Gasteiger partial charge >= 0.3 is 0 Å². The van der Waals surface area contributed by atoms with E-state index in [1.807, 2.05) is 6.92 Å². The fraction of sp³-hybridized carbons (Fsp3) is 0.909. The molecular formula is C11H22O3S. The smallest absolute Gasteiger partial charge is 0.111 e. The van der Waals surface area contributed by atoms with Crippen LogP contribution in [0.15, 0.2) is 0 Å². The first-order chi connectivity index (χ1) is 6.88. The monoisotopic (exact) mass is 234 g/mol. The van der Waals surface area contributed by atoms with E-state index in [4.69, 9.17) is 0 Å². The third kappa shape index (κ3) is 6.20. The van der Waals surface area contributed by atoms with E-state index in [0.717, 1.165) is 11.8 Å². The molecule has 4 atom stereocenters. The van der Waals surface area contributed by atoms with Crippen LogP contribution >= 0.6 is 12.2 Å². The van der Waals surface area contributed by atoms with E-state index >= 15 is 0 Å². The van der Waals surface area contributed by atoms with E-state index in [1.54, 1.807) is 0 Å². The summed E-state index contributed by atoms with van der Waals surface area (Å²) in [6.07, 6.45) is -1.72. The fourth-order valence-corrected chi connectivity index (χ4v) is 1.92. The summed E-state index contributed by atoms with van der Waals surface area (Å²) in [6.45, 7) is 6.26. The van der Waals surface area contributed by atoms with Gasteiger partial charge in [-0.05, 0) is 24.7 Å². The van der Waals surface area contributed by atoms with Crippen LogP contribution in [0.1, 0.15) is 33.6 Å². The van der Waals surface area contributed by atoms with Crippen molar-refractivity contribution in [3.63, 3.8) is 0 Å². The van der Waals surface area contributed by atoms with E-state index in [2.05, 4.69) is 26.1 Å². The highest BCUT2D eigenvalue weighted by atomic mass is 32.1. The number of thiocarbonyl (C=S) groups is 1. The zero-order chi connectivity index (χ0) is 12.0. The van der Waals surface area contributed by atoms with Crippen molar-refractivity contribution in [3.8, 4) is 0 Å². The lowest BCUT2D eigenvalue weighted by molar-refractivity contribution is -0.0415. The predicted molar refractivity (Wildman–Crippen MR) is 64.9 cm³/mol. The van der Waals surface area contributed by atoms with Crippen LogP contribution in [0.3, 0.4) is 0 Å². The maximum Gasteiger partial charge on any atom is 0.111 e. The number of aliphatic hydroxyl groups is 3. The largest absolute Gasteiger partial charge is 0.390 e. The van der Waals surface area contributed by atoms with Crippen molar-refractivity contribution in [3.05, 3.63) is 0 Å². The highest BCUT2D eigenvalue weighted by Gasteiger charge is 2.24. The molecule has 0 aliphatic heterocycles. The van der Waals surface area contributed by atoms with E-state index in [1.165, 1.54) is 0 Å². The summed E-state index contributed by atoms with van der Waals surface area (Å²) in [5.41, 5.74) is 0. The molecule has 0 fully saturated rings. The third-order valence-electron chi connectivity index (χ3n) is 2.40. The molecule has 3 nitrogen and oxygen atoms in total. The van der Waals surface area contributed by atoms with Gasteiger partial charge in [0.05, 0.1) is 6.10 Å². The molecule has 0 aromatic carbocycles. The lowest BCUT2D eigenvalue weighted by Gasteiger charge is -2.23. The molecule has 3 N–H and O–H groups in total. The van der Waals surface area contributed by atoms with Gasteiger partial charge in [-0.2, -0.15) is 0 Å². The maximum atomic E-state index is 9.63. The van der Waals surface area contributed by atoms with Crippen LogP contribution in [-0.2, 0) is 0 Å². The van der Waals surface area contributed by atoms with Gasteiger partial charge in [0.15, 0.2) is 0 Å². The molecule has 4 heteroatoms. The van der Waals surface area contributed by atoms with Gasteiger partial charge in [0.1, 0.15) is 12.2 Å². The van der Waals surface area contributed by atoms with Crippen molar-refractivity contribution in [2.45, 2.75) is 51.9 Å². The Hall–Kier alpha value is -0.0300. The zero-order valence-corrected chi connectivity index (χ0v) is 10.4. The second kappa shape index (κ2) is 7.28. The van der Waals surface area contributed by atoms with Gasteiger partial charge in [0.25, 0.3) is 0 Å². The van der Waals surface area contributed by atoms with Crippen LogP contribution < -0.4 is 0 Å². The summed E-state index contributed by atoms with van der Waals surface area (Å²) in [6, 6.07) is 0. The van der Waals surface area contributed by atoms with E-state index < -0.39 is 18.3 Å². The molecule has 1 unspecified atom stereocenters. The Kier molecular flexibility index (Phi) is 7.26. The number of hydrogen-bond acceptors (Lipinski definition) is 4. The molecule has 0 radical (unpaired) electrons. The molecule has 90 valence electrons. The van der Waals surface area contributed by atoms with E-state index in [-0.39, 0.29) is 0 Å².